The second kappa shape index (κ2) is 6.72. The van der Waals surface area contributed by atoms with E-state index in [1.807, 2.05) is 24.5 Å². The fraction of sp³-hybridized carbons (Fsp3) is 0.389. The molecule has 0 bridgehead atoms. The highest BCUT2D eigenvalue weighted by Gasteiger charge is 2.25. The number of rotatable bonds is 4. The highest BCUT2D eigenvalue weighted by molar-refractivity contribution is 5.41. The molecule has 2 atom stereocenters. The van der Waals surface area contributed by atoms with Crippen LogP contribution in [0.25, 0.3) is 0 Å². The molecule has 1 aliphatic rings. The van der Waals surface area contributed by atoms with Crippen molar-refractivity contribution in [3.8, 4) is 0 Å². The lowest BCUT2D eigenvalue weighted by Crippen LogP contribution is -2.44. The van der Waals surface area contributed by atoms with Crippen LogP contribution in [0.3, 0.4) is 0 Å². The van der Waals surface area contributed by atoms with E-state index in [9.17, 15) is 0 Å². The summed E-state index contributed by atoms with van der Waals surface area (Å²) in [6.07, 6.45) is 6.07. The Bertz CT molecular complexity index is 541. The van der Waals surface area contributed by atoms with Crippen molar-refractivity contribution in [3.63, 3.8) is 0 Å². The molecule has 0 aliphatic carbocycles. The van der Waals surface area contributed by atoms with E-state index in [1.54, 1.807) is 0 Å². The average molecular weight is 281 g/mol. The molecule has 1 aromatic heterocycles. The molecule has 0 radical (unpaired) electrons. The molecule has 3 rings (SSSR count). The van der Waals surface area contributed by atoms with E-state index in [-0.39, 0.29) is 0 Å². The van der Waals surface area contributed by atoms with E-state index >= 15 is 0 Å². The molecule has 110 valence electrons. The van der Waals surface area contributed by atoms with Crippen molar-refractivity contribution in [3.05, 3.63) is 60.4 Å². The normalized spacial score (nSPS) is 22.9. The first-order valence-corrected chi connectivity index (χ1v) is 7.76. The number of pyridine rings is 1. The van der Waals surface area contributed by atoms with Gasteiger partial charge in [0.1, 0.15) is 0 Å². The number of likely N-dealkylation sites (tertiary alicyclic amines) is 1. The number of benzene rings is 1. The van der Waals surface area contributed by atoms with E-state index in [0.29, 0.717) is 12.1 Å². The van der Waals surface area contributed by atoms with Crippen LogP contribution < -0.4 is 5.32 Å². The van der Waals surface area contributed by atoms with Gasteiger partial charge in [0.15, 0.2) is 0 Å². The van der Waals surface area contributed by atoms with Crippen LogP contribution in [0.1, 0.15) is 25.3 Å². The molecule has 0 spiro atoms. The predicted molar refractivity (Wildman–Crippen MR) is 87.2 cm³/mol. The van der Waals surface area contributed by atoms with Crippen molar-refractivity contribution in [1.82, 2.24) is 9.88 Å². The molecular formula is C18H23N3. The lowest BCUT2D eigenvalue weighted by Gasteiger charge is -2.38. The van der Waals surface area contributed by atoms with E-state index in [0.717, 1.165) is 13.1 Å². The van der Waals surface area contributed by atoms with Crippen LogP contribution in [0, 0.1) is 0 Å². The Labute approximate surface area is 127 Å². The first kappa shape index (κ1) is 14.1. The van der Waals surface area contributed by atoms with Crippen molar-refractivity contribution >= 4 is 5.69 Å². The van der Waals surface area contributed by atoms with Gasteiger partial charge in [0.25, 0.3) is 0 Å². The van der Waals surface area contributed by atoms with Gasteiger partial charge in [0.2, 0.25) is 0 Å². The SMILES string of the molecule is CC1CC(Nc2ccncc2)CCN1Cc1ccccc1. The summed E-state index contributed by atoms with van der Waals surface area (Å²) in [4.78, 5) is 6.65. The molecule has 2 unspecified atom stereocenters. The number of piperidine rings is 1. The number of nitrogens with one attached hydrogen (secondary N) is 1. The maximum Gasteiger partial charge on any atom is 0.0373 e. The smallest absolute Gasteiger partial charge is 0.0373 e. The van der Waals surface area contributed by atoms with Gasteiger partial charge in [-0.05, 0) is 37.5 Å². The maximum absolute atomic E-state index is 4.06. The van der Waals surface area contributed by atoms with Crippen molar-refractivity contribution in [2.45, 2.75) is 38.4 Å². The van der Waals surface area contributed by atoms with Crippen LogP contribution in [0.15, 0.2) is 54.9 Å². The van der Waals surface area contributed by atoms with Crippen molar-refractivity contribution in [2.75, 3.05) is 11.9 Å². The standard InChI is InChI=1S/C18H23N3/c1-15-13-18(20-17-7-10-19-11-8-17)9-12-21(15)14-16-5-3-2-4-6-16/h2-8,10-11,15,18H,9,12-14H2,1H3,(H,19,20). The van der Waals surface area contributed by atoms with Gasteiger partial charge in [0, 0.05) is 43.3 Å². The molecule has 1 aromatic carbocycles. The first-order chi connectivity index (χ1) is 10.3. The molecule has 1 N–H and O–H groups in total. The molecule has 1 saturated heterocycles. The molecular weight excluding hydrogens is 258 g/mol. The van der Waals surface area contributed by atoms with Crippen LogP contribution in [-0.4, -0.2) is 28.5 Å². The summed E-state index contributed by atoms with van der Waals surface area (Å²) >= 11 is 0. The Morgan fingerprint density at radius 2 is 1.90 bits per heavy atom. The van der Waals surface area contributed by atoms with Crippen molar-refractivity contribution < 1.29 is 0 Å². The molecule has 3 nitrogen and oxygen atoms in total. The molecule has 21 heavy (non-hydrogen) atoms. The number of anilines is 1. The zero-order chi connectivity index (χ0) is 14.5. The topological polar surface area (TPSA) is 28.2 Å². The Morgan fingerprint density at radius 3 is 2.62 bits per heavy atom. The third-order valence-corrected chi connectivity index (χ3v) is 4.29. The third kappa shape index (κ3) is 3.82. The van der Waals surface area contributed by atoms with Gasteiger partial charge in [-0.25, -0.2) is 0 Å². The summed E-state index contributed by atoms with van der Waals surface area (Å²) in [5, 5.41) is 3.63. The van der Waals surface area contributed by atoms with Gasteiger partial charge in [-0.15, -0.1) is 0 Å². The van der Waals surface area contributed by atoms with Crippen molar-refractivity contribution in [1.29, 1.82) is 0 Å². The second-order valence-electron chi connectivity index (χ2n) is 5.91. The Balaban J connectivity index is 1.54. The molecule has 2 aromatic rings. The fourth-order valence-electron chi connectivity index (χ4n) is 3.09. The summed E-state index contributed by atoms with van der Waals surface area (Å²) in [5.74, 6) is 0. The molecule has 0 amide bonds. The summed E-state index contributed by atoms with van der Waals surface area (Å²) < 4.78 is 0. The second-order valence-corrected chi connectivity index (χ2v) is 5.91. The summed E-state index contributed by atoms with van der Waals surface area (Å²) in [7, 11) is 0. The molecule has 0 saturated carbocycles. The minimum absolute atomic E-state index is 0.564. The lowest BCUT2D eigenvalue weighted by atomic mass is 9.97. The van der Waals surface area contributed by atoms with Gasteiger partial charge >= 0.3 is 0 Å². The van der Waals surface area contributed by atoms with Crippen LogP contribution in [0.5, 0.6) is 0 Å². The fourth-order valence-corrected chi connectivity index (χ4v) is 3.09. The Morgan fingerprint density at radius 1 is 1.14 bits per heavy atom. The zero-order valence-corrected chi connectivity index (χ0v) is 12.6. The average Bonchev–Trinajstić information content (AvgIpc) is 2.52. The maximum atomic E-state index is 4.06. The predicted octanol–water partition coefficient (Wildman–Crippen LogP) is 3.55. The van der Waals surface area contributed by atoms with Gasteiger partial charge in [-0.3, -0.25) is 9.88 Å². The van der Waals surface area contributed by atoms with Gasteiger partial charge in [-0.1, -0.05) is 30.3 Å². The monoisotopic (exact) mass is 281 g/mol. The highest BCUT2D eigenvalue weighted by atomic mass is 15.2. The molecule has 1 fully saturated rings. The van der Waals surface area contributed by atoms with Gasteiger partial charge in [-0.2, -0.15) is 0 Å². The number of hydrogen-bond donors (Lipinski definition) is 1. The van der Waals surface area contributed by atoms with E-state index in [2.05, 4.69) is 52.5 Å². The quantitative estimate of drug-likeness (QED) is 0.929. The first-order valence-electron chi connectivity index (χ1n) is 7.76. The van der Waals surface area contributed by atoms with E-state index in [4.69, 9.17) is 0 Å². The Kier molecular flexibility index (Phi) is 4.51. The van der Waals surface area contributed by atoms with Crippen LogP contribution in [0.4, 0.5) is 5.69 Å². The minimum atomic E-state index is 0.564. The summed E-state index contributed by atoms with van der Waals surface area (Å²) in [6, 6.07) is 16.0. The highest BCUT2D eigenvalue weighted by Crippen LogP contribution is 2.22. The molecule has 2 heterocycles. The van der Waals surface area contributed by atoms with Crippen LogP contribution in [-0.2, 0) is 6.54 Å². The minimum Gasteiger partial charge on any atom is -0.382 e. The van der Waals surface area contributed by atoms with Gasteiger partial charge in [0.05, 0.1) is 0 Å². The third-order valence-electron chi connectivity index (χ3n) is 4.29. The number of aromatic nitrogens is 1. The van der Waals surface area contributed by atoms with Crippen LogP contribution >= 0.6 is 0 Å². The van der Waals surface area contributed by atoms with Crippen molar-refractivity contribution in [2.24, 2.45) is 0 Å². The summed E-state index contributed by atoms with van der Waals surface area (Å²) in [5.41, 5.74) is 2.59. The van der Waals surface area contributed by atoms with E-state index < -0.39 is 0 Å². The van der Waals surface area contributed by atoms with Gasteiger partial charge < -0.3 is 5.32 Å². The molecule has 1 aliphatic heterocycles. The Hall–Kier alpha value is -1.87. The number of hydrogen-bond acceptors (Lipinski definition) is 3. The lowest BCUT2D eigenvalue weighted by molar-refractivity contribution is 0.144. The summed E-state index contributed by atoms with van der Waals surface area (Å²) in [6.45, 7) is 4.55. The van der Waals surface area contributed by atoms with E-state index in [1.165, 1.54) is 24.1 Å². The largest absolute Gasteiger partial charge is 0.382 e. The van der Waals surface area contributed by atoms with Crippen LogP contribution in [0.2, 0.25) is 0 Å². The molecule has 3 heteroatoms. The zero-order valence-electron chi connectivity index (χ0n) is 12.6. The number of nitrogens with zero attached hydrogens (tertiary/aromatic N) is 2.